The molecule has 1 aliphatic heterocycles. The van der Waals surface area contributed by atoms with E-state index in [1.807, 2.05) is 23.1 Å². The molecular weight excluding hydrogens is 234 g/mol. The van der Waals surface area contributed by atoms with Gasteiger partial charge < -0.3 is 10.1 Å². The third kappa shape index (κ3) is 1.52. The molecule has 2 aromatic rings. The summed E-state index contributed by atoms with van der Waals surface area (Å²) in [6.07, 6.45) is 0.914. The Hall–Kier alpha value is -2.44. The average Bonchev–Trinajstić information content (AvgIpc) is 2.92. The van der Waals surface area contributed by atoms with Crippen LogP contribution in [0.4, 0.5) is 17.6 Å². The van der Waals surface area contributed by atoms with Crippen LogP contribution in [0.1, 0.15) is 5.56 Å². The lowest BCUT2D eigenvalue weighted by atomic mass is 10.2. The van der Waals surface area contributed by atoms with E-state index in [0.29, 0.717) is 5.95 Å². The summed E-state index contributed by atoms with van der Waals surface area (Å²) in [5.41, 5.74) is 2.27. The van der Waals surface area contributed by atoms with E-state index in [0.717, 1.165) is 18.7 Å². The van der Waals surface area contributed by atoms with E-state index in [2.05, 4.69) is 16.1 Å². The maximum atomic E-state index is 10.7. The monoisotopic (exact) mass is 245 g/mol. The molecule has 7 nitrogen and oxygen atoms in total. The Morgan fingerprint density at radius 3 is 2.89 bits per heavy atom. The predicted molar refractivity (Wildman–Crippen MR) is 64.8 cm³/mol. The Morgan fingerprint density at radius 2 is 2.17 bits per heavy atom. The highest BCUT2D eigenvalue weighted by molar-refractivity contribution is 5.65. The van der Waals surface area contributed by atoms with Gasteiger partial charge >= 0.3 is 11.9 Å². The lowest BCUT2D eigenvalue weighted by Gasteiger charge is -2.13. The molecule has 1 aromatic heterocycles. The van der Waals surface area contributed by atoms with Gasteiger partial charge in [-0.05, 0) is 28.0 Å². The Labute approximate surface area is 103 Å². The van der Waals surface area contributed by atoms with Crippen molar-refractivity contribution < 1.29 is 4.92 Å². The molecular formula is C11H11N5O2. The van der Waals surface area contributed by atoms with Crippen molar-refractivity contribution in [3.8, 4) is 0 Å². The van der Waals surface area contributed by atoms with Crippen molar-refractivity contribution in [2.75, 3.05) is 11.4 Å². The number of hydrogen-bond donors (Lipinski definition) is 0. The first kappa shape index (κ1) is 10.7. The number of nitro groups is 1. The largest absolute Gasteiger partial charge is 0.493 e. The van der Waals surface area contributed by atoms with Crippen LogP contribution >= 0.6 is 0 Å². The molecule has 0 amide bonds. The summed E-state index contributed by atoms with van der Waals surface area (Å²) in [7, 11) is 1.66. The molecule has 0 aliphatic carbocycles. The lowest BCUT2D eigenvalue weighted by molar-refractivity contribution is -0.394. The summed E-state index contributed by atoms with van der Waals surface area (Å²) in [4.78, 5) is 16.0. The fourth-order valence-corrected chi connectivity index (χ4v) is 2.22. The van der Waals surface area contributed by atoms with Gasteiger partial charge in [0.05, 0.1) is 0 Å². The summed E-state index contributed by atoms with van der Waals surface area (Å²) in [6, 6.07) is 7.98. The molecule has 1 aromatic carbocycles. The summed E-state index contributed by atoms with van der Waals surface area (Å²) in [5, 5.41) is 14.5. The number of fused-ring (bicyclic) bond motifs is 1. The first-order valence-corrected chi connectivity index (χ1v) is 5.57. The summed E-state index contributed by atoms with van der Waals surface area (Å²) >= 11 is 0. The Kier molecular flexibility index (Phi) is 2.26. The highest BCUT2D eigenvalue weighted by Crippen LogP contribution is 2.33. The Bertz CT molecular complexity index is 622. The van der Waals surface area contributed by atoms with Crippen molar-refractivity contribution in [3.63, 3.8) is 0 Å². The van der Waals surface area contributed by atoms with Crippen LogP contribution in [0, 0.1) is 10.1 Å². The highest BCUT2D eigenvalue weighted by Gasteiger charge is 2.29. The molecule has 0 N–H and O–H groups in total. The minimum absolute atomic E-state index is 0.364. The normalized spacial score (nSPS) is 13.7. The van der Waals surface area contributed by atoms with Gasteiger partial charge in [0.1, 0.15) is 0 Å². The van der Waals surface area contributed by atoms with Crippen molar-refractivity contribution in [1.29, 1.82) is 0 Å². The zero-order chi connectivity index (χ0) is 12.7. The number of aromatic nitrogens is 3. The molecule has 2 heterocycles. The quantitative estimate of drug-likeness (QED) is 0.590. The second-order valence-corrected chi connectivity index (χ2v) is 4.12. The van der Waals surface area contributed by atoms with E-state index in [1.54, 1.807) is 7.05 Å². The molecule has 0 unspecified atom stereocenters. The first-order valence-electron chi connectivity index (χ1n) is 5.57. The minimum Gasteiger partial charge on any atom is -0.390 e. The van der Waals surface area contributed by atoms with Crippen LogP contribution in [0.3, 0.4) is 0 Å². The topological polar surface area (TPSA) is 77.1 Å². The van der Waals surface area contributed by atoms with Gasteiger partial charge in [0.2, 0.25) is 0 Å². The molecule has 92 valence electrons. The van der Waals surface area contributed by atoms with Crippen molar-refractivity contribution in [2.24, 2.45) is 7.05 Å². The van der Waals surface area contributed by atoms with Gasteiger partial charge in [0.25, 0.3) is 0 Å². The SMILES string of the molecule is Cn1nc([N+](=O)[O-])nc1N1CCc2ccccc21. The van der Waals surface area contributed by atoms with E-state index in [9.17, 15) is 10.1 Å². The number of anilines is 2. The van der Waals surface area contributed by atoms with Gasteiger partial charge in [-0.2, -0.15) is 4.68 Å². The molecule has 0 atom stereocenters. The van der Waals surface area contributed by atoms with Crippen LogP contribution in [0.2, 0.25) is 0 Å². The maximum absolute atomic E-state index is 10.7. The van der Waals surface area contributed by atoms with Gasteiger partial charge in [0.15, 0.2) is 0 Å². The van der Waals surface area contributed by atoms with Crippen LogP contribution in [0.25, 0.3) is 0 Å². The van der Waals surface area contributed by atoms with Crippen LogP contribution in [-0.2, 0) is 13.5 Å². The molecule has 0 fully saturated rings. The molecule has 7 heteroatoms. The van der Waals surface area contributed by atoms with Crippen molar-refractivity contribution in [3.05, 3.63) is 39.9 Å². The van der Waals surface area contributed by atoms with Crippen molar-refractivity contribution >= 4 is 17.6 Å². The number of aryl methyl sites for hydroxylation is 1. The summed E-state index contributed by atoms with van der Waals surface area (Å²) < 4.78 is 1.44. The van der Waals surface area contributed by atoms with E-state index >= 15 is 0 Å². The fourth-order valence-electron chi connectivity index (χ4n) is 2.22. The second-order valence-electron chi connectivity index (χ2n) is 4.12. The average molecular weight is 245 g/mol. The van der Waals surface area contributed by atoms with Crippen LogP contribution in [0.15, 0.2) is 24.3 Å². The molecule has 0 radical (unpaired) electrons. The number of rotatable bonds is 2. The smallest absolute Gasteiger partial charge is 0.390 e. The minimum atomic E-state index is -0.578. The zero-order valence-corrected chi connectivity index (χ0v) is 9.78. The third-order valence-electron chi connectivity index (χ3n) is 3.02. The number of hydrogen-bond acceptors (Lipinski definition) is 5. The van der Waals surface area contributed by atoms with Gasteiger partial charge in [-0.25, -0.2) is 0 Å². The van der Waals surface area contributed by atoms with Gasteiger partial charge in [-0.3, -0.25) is 4.90 Å². The molecule has 0 bridgehead atoms. The highest BCUT2D eigenvalue weighted by atomic mass is 16.6. The molecule has 1 aliphatic rings. The number of para-hydroxylation sites is 1. The van der Waals surface area contributed by atoms with Crippen molar-refractivity contribution in [2.45, 2.75) is 6.42 Å². The van der Waals surface area contributed by atoms with E-state index in [1.165, 1.54) is 10.2 Å². The van der Waals surface area contributed by atoms with Crippen LogP contribution < -0.4 is 4.90 Å². The van der Waals surface area contributed by atoms with Gasteiger partial charge in [-0.1, -0.05) is 18.2 Å². The van der Waals surface area contributed by atoms with Gasteiger partial charge in [-0.15, -0.1) is 0 Å². The van der Waals surface area contributed by atoms with E-state index in [-0.39, 0.29) is 5.95 Å². The molecule has 3 rings (SSSR count). The lowest BCUT2D eigenvalue weighted by Crippen LogP contribution is -2.17. The van der Waals surface area contributed by atoms with Crippen molar-refractivity contribution in [1.82, 2.24) is 14.8 Å². The second kappa shape index (κ2) is 3.80. The Balaban J connectivity index is 2.05. The summed E-state index contributed by atoms with van der Waals surface area (Å²) in [6.45, 7) is 0.767. The fraction of sp³-hybridized carbons (Fsp3) is 0.273. The number of nitrogens with zero attached hydrogens (tertiary/aromatic N) is 5. The molecule has 0 saturated heterocycles. The van der Waals surface area contributed by atoms with Crippen LogP contribution in [0.5, 0.6) is 0 Å². The summed E-state index contributed by atoms with van der Waals surface area (Å²) in [5.74, 6) is 0.142. The maximum Gasteiger partial charge on any atom is 0.493 e. The predicted octanol–water partition coefficient (Wildman–Crippen LogP) is 1.42. The Morgan fingerprint density at radius 1 is 1.39 bits per heavy atom. The van der Waals surface area contributed by atoms with Gasteiger partial charge in [0, 0.05) is 24.4 Å². The zero-order valence-electron chi connectivity index (χ0n) is 9.78. The number of benzene rings is 1. The standard InChI is InChI=1S/C11H11N5O2/c1-14-11(12-10(13-14)16(17)18)15-7-6-8-4-2-3-5-9(8)15/h2-5H,6-7H2,1H3. The molecule has 0 spiro atoms. The third-order valence-corrected chi connectivity index (χ3v) is 3.02. The van der Waals surface area contributed by atoms with Crippen LogP contribution in [-0.4, -0.2) is 26.2 Å². The van der Waals surface area contributed by atoms with E-state index < -0.39 is 4.92 Å². The molecule has 18 heavy (non-hydrogen) atoms. The molecule has 0 saturated carbocycles. The van der Waals surface area contributed by atoms with E-state index in [4.69, 9.17) is 0 Å². The first-order chi connectivity index (χ1) is 8.66.